The fourth-order valence-corrected chi connectivity index (χ4v) is 3.59. The van der Waals surface area contributed by atoms with E-state index < -0.39 is 12.1 Å². The Morgan fingerprint density at radius 2 is 1.76 bits per heavy atom. The quantitative estimate of drug-likeness (QED) is 0.402. The molecule has 2 aromatic rings. The van der Waals surface area contributed by atoms with Crippen molar-refractivity contribution in [3.63, 3.8) is 0 Å². The van der Waals surface area contributed by atoms with Gasteiger partial charge in [0, 0.05) is 13.1 Å². The van der Waals surface area contributed by atoms with Crippen LogP contribution in [0.3, 0.4) is 0 Å². The van der Waals surface area contributed by atoms with Crippen LogP contribution in [-0.2, 0) is 11.2 Å². The molecule has 0 spiro atoms. The summed E-state index contributed by atoms with van der Waals surface area (Å²) in [5, 5.41) is 33.2. The molecule has 0 aliphatic carbocycles. The van der Waals surface area contributed by atoms with Crippen molar-refractivity contribution in [1.82, 2.24) is 10.2 Å². The number of aromatic hydroxyl groups is 2. The molecule has 1 aliphatic rings. The van der Waals surface area contributed by atoms with Gasteiger partial charge in [-0.25, -0.2) is 4.39 Å². The van der Waals surface area contributed by atoms with Crippen molar-refractivity contribution in [2.45, 2.75) is 37.8 Å². The number of aliphatic hydroxyl groups is 1. The van der Waals surface area contributed by atoms with E-state index in [0.717, 1.165) is 18.4 Å². The van der Waals surface area contributed by atoms with Crippen LogP contribution in [0.5, 0.6) is 11.5 Å². The van der Waals surface area contributed by atoms with Gasteiger partial charge in [0.1, 0.15) is 18.0 Å². The Morgan fingerprint density at radius 3 is 2.41 bits per heavy atom. The fourth-order valence-electron chi connectivity index (χ4n) is 3.59. The molecule has 6 nitrogen and oxygen atoms in total. The molecule has 2 atom stereocenters. The van der Waals surface area contributed by atoms with Gasteiger partial charge in [0.25, 0.3) is 0 Å². The smallest absolute Gasteiger partial charge is 0.242 e. The molecule has 0 saturated carbocycles. The van der Waals surface area contributed by atoms with Gasteiger partial charge in [-0.2, -0.15) is 0 Å². The van der Waals surface area contributed by atoms with Crippen molar-refractivity contribution in [2.75, 3.05) is 19.6 Å². The van der Waals surface area contributed by atoms with Crippen LogP contribution in [-0.4, -0.2) is 51.8 Å². The van der Waals surface area contributed by atoms with Crippen LogP contribution in [0, 0.1) is 5.82 Å². The van der Waals surface area contributed by atoms with Gasteiger partial charge in [-0.3, -0.25) is 4.79 Å². The molecule has 2 aromatic carbocycles. The summed E-state index contributed by atoms with van der Waals surface area (Å²) in [7, 11) is 0. The Hall–Kier alpha value is -2.64. The number of carbonyl (C=O) groups is 1. The van der Waals surface area contributed by atoms with Crippen molar-refractivity contribution in [3.8, 4) is 11.5 Å². The van der Waals surface area contributed by atoms with E-state index in [9.17, 15) is 24.5 Å². The monoisotopic (exact) mass is 402 g/mol. The molecule has 0 bridgehead atoms. The van der Waals surface area contributed by atoms with Gasteiger partial charge in [0.2, 0.25) is 5.91 Å². The first-order valence-electron chi connectivity index (χ1n) is 9.92. The molecule has 0 aromatic heterocycles. The number of halogens is 1. The van der Waals surface area contributed by atoms with Crippen LogP contribution in [0.1, 0.15) is 36.5 Å². The van der Waals surface area contributed by atoms with E-state index in [1.54, 1.807) is 17.0 Å². The van der Waals surface area contributed by atoms with Crippen molar-refractivity contribution >= 4 is 5.91 Å². The van der Waals surface area contributed by atoms with Gasteiger partial charge < -0.3 is 25.5 Å². The maximum absolute atomic E-state index is 13.0. The number of amides is 1. The van der Waals surface area contributed by atoms with Crippen molar-refractivity contribution < 1.29 is 24.5 Å². The minimum atomic E-state index is -1.17. The molecule has 7 heteroatoms. The zero-order chi connectivity index (χ0) is 20.8. The SMILES string of the molecule is O=C([C@@H](NCCCc1ccc(F)cc1)[C@@H](O)c1ccc(O)c(O)c1)N1CCCC1. The van der Waals surface area contributed by atoms with Gasteiger partial charge in [-0.15, -0.1) is 0 Å². The number of nitrogens with zero attached hydrogens (tertiary/aromatic N) is 1. The van der Waals surface area contributed by atoms with Gasteiger partial charge in [-0.1, -0.05) is 18.2 Å². The number of rotatable bonds is 8. The van der Waals surface area contributed by atoms with E-state index >= 15 is 0 Å². The molecule has 4 N–H and O–H groups in total. The van der Waals surface area contributed by atoms with Crippen molar-refractivity contribution in [3.05, 3.63) is 59.4 Å². The first-order valence-corrected chi connectivity index (χ1v) is 9.92. The average Bonchev–Trinajstić information content (AvgIpc) is 3.25. The summed E-state index contributed by atoms with van der Waals surface area (Å²) in [4.78, 5) is 14.7. The summed E-state index contributed by atoms with van der Waals surface area (Å²) in [5.41, 5.74) is 1.35. The lowest BCUT2D eigenvalue weighted by atomic mass is 10.00. The maximum Gasteiger partial charge on any atom is 0.242 e. The third kappa shape index (κ3) is 5.46. The first kappa shape index (κ1) is 21.1. The second kappa shape index (κ2) is 9.71. The Labute approximate surface area is 169 Å². The second-order valence-electron chi connectivity index (χ2n) is 7.39. The van der Waals surface area contributed by atoms with Crippen LogP contribution < -0.4 is 5.32 Å². The van der Waals surface area contributed by atoms with E-state index in [1.807, 2.05) is 0 Å². The minimum Gasteiger partial charge on any atom is -0.504 e. The molecule has 1 fully saturated rings. The average molecular weight is 402 g/mol. The Bertz CT molecular complexity index is 822. The summed E-state index contributed by atoms with van der Waals surface area (Å²) in [5.74, 6) is -1.08. The summed E-state index contributed by atoms with van der Waals surface area (Å²) < 4.78 is 13.0. The number of nitrogens with one attached hydrogen (secondary N) is 1. The summed E-state index contributed by atoms with van der Waals surface area (Å²) in [6.45, 7) is 1.82. The Kier molecular flexibility index (Phi) is 7.06. The van der Waals surface area contributed by atoms with E-state index in [1.165, 1.54) is 30.3 Å². The number of carbonyl (C=O) groups excluding carboxylic acids is 1. The molecule has 0 unspecified atom stereocenters. The van der Waals surface area contributed by atoms with Crippen LogP contribution in [0.2, 0.25) is 0 Å². The van der Waals surface area contributed by atoms with Gasteiger partial charge in [-0.05, 0) is 67.6 Å². The molecule has 1 heterocycles. The standard InChI is InChI=1S/C22H27FN2O4/c23-17-8-5-15(6-9-17)4-3-11-24-20(22(29)25-12-1-2-13-25)21(28)16-7-10-18(26)19(27)14-16/h5-10,14,20-21,24,26-28H,1-4,11-13H2/t20-,21-/m0/s1. The lowest BCUT2D eigenvalue weighted by molar-refractivity contribution is -0.135. The highest BCUT2D eigenvalue weighted by atomic mass is 19.1. The largest absolute Gasteiger partial charge is 0.504 e. The molecule has 29 heavy (non-hydrogen) atoms. The van der Waals surface area contributed by atoms with Crippen molar-refractivity contribution in [2.24, 2.45) is 0 Å². The highest BCUT2D eigenvalue weighted by Gasteiger charge is 2.32. The van der Waals surface area contributed by atoms with E-state index in [4.69, 9.17) is 0 Å². The normalized spacial score (nSPS) is 16.0. The summed E-state index contributed by atoms with van der Waals surface area (Å²) >= 11 is 0. The van der Waals surface area contributed by atoms with Gasteiger partial charge in [0.15, 0.2) is 11.5 Å². The fraction of sp³-hybridized carbons (Fsp3) is 0.409. The molecule has 3 rings (SSSR count). The molecule has 1 saturated heterocycles. The number of hydrogen-bond donors (Lipinski definition) is 4. The van der Waals surface area contributed by atoms with Crippen LogP contribution in [0.25, 0.3) is 0 Å². The predicted octanol–water partition coefficient (Wildman–Crippen LogP) is 2.48. The predicted molar refractivity (Wildman–Crippen MR) is 107 cm³/mol. The van der Waals surface area contributed by atoms with Gasteiger partial charge >= 0.3 is 0 Å². The number of aliphatic hydroxyl groups excluding tert-OH is 1. The summed E-state index contributed by atoms with van der Waals surface area (Å²) in [6, 6.07) is 9.50. The van der Waals surface area contributed by atoms with Crippen molar-refractivity contribution in [1.29, 1.82) is 0 Å². The molecule has 156 valence electrons. The number of hydrogen-bond acceptors (Lipinski definition) is 5. The third-order valence-corrected chi connectivity index (χ3v) is 5.26. The lowest BCUT2D eigenvalue weighted by Gasteiger charge is -2.28. The van der Waals surface area contributed by atoms with E-state index in [2.05, 4.69) is 5.32 Å². The Balaban J connectivity index is 1.65. The number of phenolic OH excluding ortho intramolecular Hbond substituents is 2. The van der Waals surface area contributed by atoms with Crippen LogP contribution in [0.4, 0.5) is 4.39 Å². The number of aryl methyl sites for hydroxylation is 1. The van der Waals surface area contributed by atoms with Crippen LogP contribution >= 0.6 is 0 Å². The number of benzene rings is 2. The molecule has 1 aliphatic heterocycles. The molecular formula is C22H27FN2O4. The second-order valence-corrected chi connectivity index (χ2v) is 7.39. The highest BCUT2D eigenvalue weighted by molar-refractivity contribution is 5.83. The maximum atomic E-state index is 13.0. The zero-order valence-electron chi connectivity index (χ0n) is 16.2. The van der Waals surface area contributed by atoms with E-state index in [0.29, 0.717) is 38.0 Å². The topological polar surface area (TPSA) is 93.0 Å². The van der Waals surface area contributed by atoms with Crippen LogP contribution in [0.15, 0.2) is 42.5 Å². The van der Waals surface area contributed by atoms with E-state index in [-0.39, 0.29) is 23.2 Å². The lowest BCUT2D eigenvalue weighted by Crippen LogP contribution is -2.49. The summed E-state index contributed by atoms with van der Waals surface area (Å²) in [6.07, 6.45) is 2.15. The third-order valence-electron chi connectivity index (χ3n) is 5.26. The zero-order valence-corrected chi connectivity index (χ0v) is 16.2. The molecule has 0 radical (unpaired) electrons. The highest BCUT2D eigenvalue weighted by Crippen LogP contribution is 2.29. The van der Waals surface area contributed by atoms with Gasteiger partial charge in [0.05, 0.1) is 0 Å². The molecular weight excluding hydrogens is 375 g/mol. The number of likely N-dealkylation sites (tertiary alicyclic amines) is 1. The minimum absolute atomic E-state index is 0.177. The number of phenols is 2. The first-order chi connectivity index (χ1) is 14.0. The Morgan fingerprint density at radius 1 is 1.07 bits per heavy atom. The molecule has 1 amide bonds.